The molecule has 2 fully saturated rings. The molecule has 0 aliphatic heterocycles. The molecule has 3 rings (SSSR count). The van der Waals surface area contributed by atoms with Gasteiger partial charge in [0.15, 0.2) is 0 Å². The number of ether oxygens (including phenoxy) is 1. The zero-order chi connectivity index (χ0) is 14.7. The van der Waals surface area contributed by atoms with Crippen LogP contribution < -0.4 is 10.1 Å². The van der Waals surface area contributed by atoms with Crippen LogP contribution in [-0.2, 0) is 0 Å². The van der Waals surface area contributed by atoms with E-state index in [0.717, 1.165) is 30.2 Å². The molecule has 21 heavy (non-hydrogen) atoms. The van der Waals surface area contributed by atoms with E-state index in [2.05, 4.69) is 43.4 Å². The van der Waals surface area contributed by atoms with Crippen molar-refractivity contribution in [2.75, 3.05) is 13.2 Å². The van der Waals surface area contributed by atoms with E-state index >= 15 is 0 Å². The average molecular weight is 287 g/mol. The second kappa shape index (κ2) is 6.83. The minimum absolute atomic E-state index is 0.695. The van der Waals surface area contributed by atoms with E-state index in [-0.39, 0.29) is 0 Å². The van der Waals surface area contributed by atoms with Crippen LogP contribution in [0.4, 0.5) is 0 Å². The molecule has 0 amide bonds. The topological polar surface area (TPSA) is 21.3 Å². The summed E-state index contributed by atoms with van der Waals surface area (Å²) in [6.45, 7) is 6.40. The number of hydrogen-bond acceptors (Lipinski definition) is 2. The van der Waals surface area contributed by atoms with Crippen molar-refractivity contribution in [3.05, 3.63) is 29.8 Å². The van der Waals surface area contributed by atoms with Crippen molar-refractivity contribution < 1.29 is 4.74 Å². The van der Waals surface area contributed by atoms with E-state index in [9.17, 15) is 0 Å². The van der Waals surface area contributed by atoms with E-state index in [1.54, 1.807) is 0 Å². The molecule has 0 aromatic heterocycles. The highest BCUT2D eigenvalue weighted by atomic mass is 16.5. The third-order valence-electron chi connectivity index (χ3n) is 5.10. The number of rotatable bonds is 6. The maximum absolute atomic E-state index is 5.69. The van der Waals surface area contributed by atoms with E-state index < -0.39 is 0 Å². The third kappa shape index (κ3) is 4.00. The number of nitrogens with one attached hydrogen (secondary N) is 1. The first kappa shape index (κ1) is 14.9. The Bertz CT molecular complexity index is 455. The molecular formula is C19H29NO. The lowest BCUT2D eigenvalue weighted by Crippen LogP contribution is -2.32. The molecule has 1 aromatic rings. The van der Waals surface area contributed by atoms with E-state index in [4.69, 9.17) is 4.74 Å². The van der Waals surface area contributed by atoms with Crippen molar-refractivity contribution in [1.29, 1.82) is 0 Å². The largest absolute Gasteiger partial charge is 0.494 e. The van der Waals surface area contributed by atoms with Crippen molar-refractivity contribution in [2.45, 2.75) is 57.9 Å². The molecule has 3 unspecified atom stereocenters. The summed E-state index contributed by atoms with van der Waals surface area (Å²) in [6, 6.07) is 9.63. The molecule has 0 spiro atoms. The summed E-state index contributed by atoms with van der Waals surface area (Å²) in [5, 5.41) is 3.75. The molecule has 1 aromatic carbocycles. The lowest BCUT2D eigenvalue weighted by Gasteiger charge is -2.35. The van der Waals surface area contributed by atoms with Crippen molar-refractivity contribution in [3.8, 4) is 5.75 Å². The highest BCUT2D eigenvalue weighted by molar-refractivity contribution is 5.31. The van der Waals surface area contributed by atoms with Gasteiger partial charge in [-0.3, -0.25) is 0 Å². The Balaban J connectivity index is 1.72. The highest BCUT2D eigenvalue weighted by Gasteiger charge is 2.31. The molecule has 0 bridgehead atoms. The first-order chi connectivity index (χ1) is 10.3. The maximum atomic E-state index is 5.69. The fourth-order valence-corrected chi connectivity index (χ4v) is 3.70. The molecular weight excluding hydrogens is 258 g/mol. The van der Waals surface area contributed by atoms with E-state index in [1.807, 2.05) is 0 Å². The summed E-state index contributed by atoms with van der Waals surface area (Å²) >= 11 is 0. The Morgan fingerprint density at radius 1 is 1.19 bits per heavy atom. The summed E-state index contributed by atoms with van der Waals surface area (Å²) < 4.78 is 5.69. The fraction of sp³-hybridized carbons (Fsp3) is 0.684. The molecule has 2 nitrogen and oxygen atoms in total. The van der Waals surface area contributed by atoms with Crippen molar-refractivity contribution in [2.24, 2.45) is 11.8 Å². The molecule has 2 aliphatic carbocycles. The van der Waals surface area contributed by atoms with Gasteiger partial charge in [0.2, 0.25) is 0 Å². The molecule has 0 saturated heterocycles. The average Bonchev–Trinajstić information content (AvgIpc) is 3.31. The molecule has 116 valence electrons. The third-order valence-corrected chi connectivity index (χ3v) is 5.10. The molecule has 2 aliphatic rings. The summed E-state index contributed by atoms with van der Waals surface area (Å²) in [7, 11) is 0. The van der Waals surface area contributed by atoms with Gasteiger partial charge in [-0.2, -0.15) is 0 Å². The summed E-state index contributed by atoms with van der Waals surface area (Å²) in [5.74, 6) is 3.36. The number of benzene rings is 1. The van der Waals surface area contributed by atoms with Gasteiger partial charge in [-0.1, -0.05) is 25.5 Å². The Kier molecular flexibility index (Phi) is 4.84. The van der Waals surface area contributed by atoms with Gasteiger partial charge in [-0.15, -0.1) is 0 Å². The Morgan fingerprint density at radius 3 is 2.81 bits per heavy atom. The van der Waals surface area contributed by atoms with Crippen molar-refractivity contribution >= 4 is 0 Å². The zero-order valence-electron chi connectivity index (χ0n) is 13.5. The lowest BCUT2D eigenvalue weighted by atomic mass is 9.71. The molecule has 2 heteroatoms. The van der Waals surface area contributed by atoms with Gasteiger partial charge in [-0.05, 0) is 74.6 Å². The Hall–Kier alpha value is -1.02. The fourth-order valence-electron chi connectivity index (χ4n) is 3.70. The molecule has 0 radical (unpaired) electrons. The minimum atomic E-state index is 0.695. The first-order valence-electron chi connectivity index (χ1n) is 8.72. The Labute approximate surface area is 129 Å². The lowest BCUT2D eigenvalue weighted by molar-refractivity contribution is 0.240. The van der Waals surface area contributed by atoms with Crippen LogP contribution in [0.5, 0.6) is 5.75 Å². The first-order valence-corrected chi connectivity index (χ1v) is 8.72. The standard InChI is InChI=1S/C19H29NO/c1-3-21-18-6-4-5-15(12-18)19-11-14(2)7-8-16(19)13-20-17-9-10-17/h4-6,12,14,16-17,19-20H,3,7-11,13H2,1-2H3. The predicted octanol–water partition coefficient (Wildman–Crippen LogP) is 4.36. The summed E-state index contributed by atoms with van der Waals surface area (Å²) in [6.07, 6.45) is 6.84. The van der Waals surface area contributed by atoms with Crippen LogP contribution in [-0.4, -0.2) is 19.2 Å². The number of hydrogen-bond donors (Lipinski definition) is 1. The van der Waals surface area contributed by atoms with Gasteiger partial charge < -0.3 is 10.1 Å². The Morgan fingerprint density at radius 2 is 2.05 bits per heavy atom. The van der Waals surface area contributed by atoms with Crippen LogP contribution in [0.15, 0.2) is 24.3 Å². The van der Waals surface area contributed by atoms with Gasteiger partial charge in [-0.25, -0.2) is 0 Å². The highest BCUT2D eigenvalue weighted by Crippen LogP contribution is 2.41. The van der Waals surface area contributed by atoms with Crippen LogP contribution >= 0.6 is 0 Å². The van der Waals surface area contributed by atoms with Gasteiger partial charge in [0, 0.05) is 6.04 Å². The van der Waals surface area contributed by atoms with Crippen LogP contribution in [0, 0.1) is 11.8 Å². The van der Waals surface area contributed by atoms with E-state index in [1.165, 1.54) is 44.2 Å². The molecule has 0 heterocycles. The molecule has 3 atom stereocenters. The van der Waals surface area contributed by atoms with Crippen molar-refractivity contribution in [1.82, 2.24) is 5.32 Å². The van der Waals surface area contributed by atoms with Gasteiger partial charge in [0.25, 0.3) is 0 Å². The second-order valence-corrected chi connectivity index (χ2v) is 6.97. The predicted molar refractivity (Wildman–Crippen MR) is 87.9 cm³/mol. The van der Waals surface area contributed by atoms with Crippen LogP contribution in [0.25, 0.3) is 0 Å². The van der Waals surface area contributed by atoms with Crippen LogP contribution in [0.3, 0.4) is 0 Å². The molecule has 2 saturated carbocycles. The van der Waals surface area contributed by atoms with Gasteiger partial charge in [0.1, 0.15) is 5.75 Å². The monoisotopic (exact) mass is 287 g/mol. The van der Waals surface area contributed by atoms with Gasteiger partial charge >= 0.3 is 0 Å². The van der Waals surface area contributed by atoms with Crippen LogP contribution in [0.1, 0.15) is 57.4 Å². The summed E-state index contributed by atoms with van der Waals surface area (Å²) in [5.41, 5.74) is 1.48. The molecule has 1 N–H and O–H groups in total. The smallest absolute Gasteiger partial charge is 0.119 e. The SMILES string of the molecule is CCOc1cccc(C2CC(C)CCC2CNC2CC2)c1. The zero-order valence-corrected chi connectivity index (χ0v) is 13.5. The minimum Gasteiger partial charge on any atom is -0.494 e. The van der Waals surface area contributed by atoms with E-state index in [0.29, 0.717) is 5.92 Å². The second-order valence-electron chi connectivity index (χ2n) is 6.97. The maximum Gasteiger partial charge on any atom is 0.119 e. The van der Waals surface area contributed by atoms with Crippen LogP contribution in [0.2, 0.25) is 0 Å². The van der Waals surface area contributed by atoms with Crippen molar-refractivity contribution in [3.63, 3.8) is 0 Å². The quantitative estimate of drug-likeness (QED) is 0.839. The summed E-state index contributed by atoms with van der Waals surface area (Å²) in [4.78, 5) is 0. The normalized spacial score (nSPS) is 29.3. The van der Waals surface area contributed by atoms with Gasteiger partial charge in [0.05, 0.1) is 6.61 Å².